The molecule has 1 saturated heterocycles. The number of ether oxygens (including phenoxy) is 2. The molecule has 28 heavy (non-hydrogen) atoms. The van der Waals surface area contributed by atoms with Crippen LogP contribution in [0.15, 0.2) is 42.9 Å². The summed E-state index contributed by atoms with van der Waals surface area (Å²) in [5, 5.41) is 0. The number of rotatable bonds is 4. The van der Waals surface area contributed by atoms with E-state index in [1.807, 2.05) is 0 Å². The van der Waals surface area contributed by atoms with E-state index in [1.165, 1.54) is 30.7 Å². The zero-order chi connectivity index (χ0) is 19.9. The summed E-state index contributed by atoms with van der Waals surface area (Å²) < 4.78 is 9.68. The van der Waals surface area contributed by atoms with Gasteiger partial charge < -0.3 is 19.3 Å². The van der Waals surface area contributed by atoms with Crippen LogP contribution in [-0.2, 0) is 4.74 Å². The molecule has 3 rings (SSSR count). The van der Waals surface area contributed by atoms with E-state index in [9.17, 15) is 14.4 Å². The minimum Gasteiger partial charge on any atom is -0.434 e. The van der Waals surface area contributed by atoms with Crippen molar-refractivity contribution in [2.75, 3.05) is 32.8 Å². The number of carbonyl (C=O) groups is 3. The normalized spacial score (nSPS) is 13.8. The van der Waals surface area contributed by atoms with Crippen LogP contribution in [0.4, 0.5) is 4.79 Å². The van der Waals surface area contributed by atoms with E-state index in [0.717, 1.165) is 0 Å². The Bertz CT molecular complexity index is 833. The molecule has 1 aliphatic heterocycles. The molecule has 2 heterocycles. The predicted molar refractivity (Wildman–Crippen MR) is 97.9 cm³/mol. The number of carbonyl (C=O) groups excluding carboxylic acids is 3. The number of amides is 2. The number of benzene rings is 1. The molecule has 1 aromatic heterocycles. The Kier molecular flexibility index (Phi) is 6.15. The molecular formula is C19H20N4O5. The van der Waals surface area contributed by atoms with Crippen LogP contribution < -0.4 is 4.74 Å². The average molecular weight is 384 g/mol. The van der Waals surface area contributed by atoms with Gasteiger partial charge in [-0.05, 0) is 31.2 Å². The van der Waals surface area contributed by atoms with Crippen molar-refractivity contribution in [2.24, 2.45) is 0 Å². The van der Waals surface area contributed by atoms with Crippen LogP contribution in [0, 0.1) is 0 Å². The Morgan fingerprint density at radius 2 is 1.61 bits per heavy atom. The first-order chi connectivity index (χ1) is 13.6. The third-order valence-corrected chi connectivity index (χ3v) is 4.20. The minimum atomic E-state index is -0.787. The van der Waals surface area contributed by atoms with Crippen LogP contribution in [0.5, 0.6) is 5.75 Å². The number of hydrogen-bond acceptors (Lipinski definition) is 7. The van der Waals surface area contributed by atoms with Gasteiger partial charge in [-0.2, -0.15) is 0 Å². The van der Waals surface area contributed by atoms with Crippen molar-refractivity contribution in [1.82, 2.24) is 19.8 Å². The molecule has 0 unspecified atom stereocenters. The molecule has 0 aliphatic carbocycles. The Balaban J connectivity index is 1.55. The second-order valence-corrected chi connectivity index (χ2v) is 5.98. The highest BCUT2D eigenvalue weighted by atomic mass is 16.7. The van der Waals surface area contributed by atoms with Gasteiger partial charge in [0, 0.05) is 44.1 Å². The van der Waals surface area contributed by atoms with E-state index in [-0.39, 0.29) is 18.4 Å². The van der Waals surface area contributed by atoms with E-state index < -0.39 is 6.16 Å². The van der Waals surface area contributed by atoms with Crippen molar-refractivity contribution < 1.29 is 23.9 Å². The SMILES string of the molecule is CCOC(=O)Oc1ccc(C(=O)N2CCN(C(=O)c3cnccn3)CC2)cc1. The fourth-order valence-electron chi connectivity index (χ4n) is 2.78. The molecule has 0 spiro atoms. The van der Waals surface area contributed by atoms with Gasteiger partial charge in [0.1, 0.15) is 11.4 Å². The lowest BCUT2D eigenvalue weighted by molar-refractivity contribution is 0.0532. The van der Waals surface area contributed by atoms with Gasteiger partial charge in [-0.25, -0.2) is 9.78 Å². The summed E-state index contributed by atoms with van der Waals surface area (Å²) in [5.74, 6) is -0.0376. The molecular weight excluding hydrogens is 364 g/mol. The standard InChI is InChI=1S/C19H20N4O5/c1-2-27-19(26)28-15-5-3-14(4-6-15)17(24)22-9-11-23(12-10-22)18(25)16-13-20-7-8-21-16/h3-8,13H,2,9-12H2,1H3. The highest BCUT2D eigenvalue weighted by molar-refractivity contribution is 5.95. The zero-order valence-corrected chi connectivity index (χ0v) is 15.4. The van der Waals surface area contributed by atoms with Crippen molar-refractivity contribution in [1.29, 1.82) is 0 Å². The molecule has 1 aliphatic rings. The van der Waals surface area contributed by atoms with Gasteiger partial charge in [0.25, 0.3) is 11.8 Å². The van der Waals surface area contributed by atoms with E-state index in [2.05, 4.69) is 9.97 Å². The van der Waals surface area contributed by atoms with E-state index in [1.54, 1.807) is 28.9 Å². The molecule has 0 radical (unpaired) electrons. The van der Waals surface area contributed by atoms with Gasteiger partial charge in [-0.1, -0.05) is 0 Å². The smallest absolute Gasteiger partial charge is 0.434 e. The first-order valence-electron chi connectivity index (χ1n) is 8.87. The van der Waals surface area contributed by atoms with Crippen LogP contribution in [0.2, 0.25) is 0 Å². The highest BCUT2D eigenvalue weighted by Crippen LogP contribution is 2.16. The molecule has 2 amide bonds. The topological polar surface area (TPSA) is 102 Å². The molecule has 2 aromatic rings. The fourth-order valence-corrected chi connectivity index (χ4v) is 2.78. The van der Waals surface area contributed by atoms with Crippen LogP contribution in [-0.4, -0.2) is 70.5 Å². The van der Waals surface area contributed by atoms with Crippen molar-refractivity contribution in [3.05, 3.63) is 54.1 Å². The van der Waals surface area contributed by atoms with Gasteiger partial charge >= 0.3 is 6.16 Å². The summed E-state index contributed by atoms with van der Waals surface area (Å²) in [6.07, 6.45) is 3.63. The molecule has 9 nitrogen and oxygen atoms in total. The molecule has 0 atom stereocenters. The van der Waals surface area contributed by atoms with Crippen molar-refractivity contribution in [2.45, 2.75) is 6.92 Å². The second kappa shape index (κ2) is 8.94. The average Bonchev–Trinajstić information content (AvgIpc) is 2.74. The fraction of sp³-hybridized carbons (Fsp3) is 0.316. The molecule has 146 valence electrons. The molecule has 0 bridgehead atoms. The molecule has 1 aromatic carbocycles. The quantitative estimate of drug-likeness (QED) is 0.583. The minimum absolute atomic E-state index is 0.144. The lowest BCUT2D eigenvalue weighted by Gasteiger charge is -2.34. The first-order valence-corrected chi connectivity index (χ1v) is 8.87. The summed E-state index contributed by atoms with van der Waals surface area (Å²) >= 11 is 0. The van der Waals surface area contributed by atoms with Crippen LogP contribution in [0.25, 0.3) is 0 Å². The maximum Gasteiger partial charge on any atom is 0.513 e. The van der Waals surface area contributed by atoms with Gasteiger partial charge in [0.2, 0.25) is 0 Å². The zero-order valence-electron chi connectivity index (χ0n) is 15.4. The maximum absolute atomic E-state index is 12.6. The number of piperazine rings is 1. The summed E-state index contributed by atoms with van der Waals surface area (Å²) in [7, 11) is 0. The molecule has 0 N–H and O–H groups in total. The van der Waals surface area contributed by atoms with Crippen molar-refractivity contribution in [3.63, 3.8) is 0 Å². The lowest BCUT2D eigenvalue weighted by atomic mass is 10.1. The second-order valence-electron chi connectivity index (χ2n) is 5.98. The molecule has 1 fully saturated rings. The third-order valence-electron chi connectivity index (χ3n) is 4.20. The summed E-state index contributed by atoms with van der Waals surface area (Å²) in [4.78, 5) is 47.6. The monoisotopic (exact) mass is 384 g/mol. The Labute approximate surface area is 161 Å². The lowest BCUT2D eigenvalue weighted by Crippen LogP contribution is -2.50. The number of nitrogens with zero attached hydrogens (tertiary/aromatic N) is 4. The first kappa shape index (κ1) is 19.3. The largest absolute Gasteiger partial charge is 0.513 e. The Hall–Kier alpha value is -3.49. The number of aromatic nitrogens is 2. The number of hydrogen-bond donors (Lipinski definition) is 0. The van der Waals surface area contributed by atoms with Crippen LogP contribution >= 0.6 is 0 Å². The molecule has 9 heteroatoms. The van der Waals surface area contributed by atoms with Crippen LogP contribution in [0.1, 0.15) is 27.8 Å². The highest BCUT2D eigenvalue weighted by Gasteiger charge is 2.26. The van der Waals surface area contributed by atoms with Crippen molar-refractivity contribution in [3.8, 4) is 5.75 Å². The Morgan fingerprint density at radius 3 is 2.18 bits per heavy atom. The van der Waals surface area contributed by atoms with E-state index in [0.29, 0.717) is 43.2 Å². The maximum atomic E-state index is 12.6. The predicted octanol–water partition coefficient (Wildman–Crippen LogP) is 1.61. The van der Waals surface area contributed by atoms with E-state index in [4.69, 9.17) is 9.47 Å². The molecule has 0 saturated carbocycles. The third kappa shape index (κ3) is 4.61. The van der Waals surface area contributed by atoms with Gasteiger partial charge in [0.05, 0.1) is 12.8 Å². The summed E-state index contributed by atoms with van der Waals surface area (Å²) in [6.45, 7) is 3.60. The summed E-state index contributed by atoms with van der Waals surface area (Å²) in [6, 6.07) is 6.26. The Morgan fingerprint density at radius 1 is 0.964 bits per heavy atom. The van der Waals surface area contributed by atoms with Crippen LogP contribution in [0.3, 0.4) is 0 Å². The van der Waals surface area contributed by atoms with Gasteiger partial charge in [-0.15, -0.1) is 0 Å². The van der Waals surface area contributed by atoms with E-state index >= 15 is 0 Å². The van der Waals surface area contributed by atoms with Crippen molar-refractivity contribution >= 4 is 18.0 Å². The van der Waals surface area contributed by atoms with Gasteiger partial charge in [-0.3, -0.25) is 14.6 Å². The summed E-state index contributed by atoms with van der Waals surface area (Å²) in [5.41, 5.74) is 0.768. The van der Waals surface area contributed by atoms with Gasteiger partial charge in [0.15, 0.2) is 0 Å².